The number of nitrogens with two attached hydrogens (primary N) is 1. The highest BCUT2D eigenvalue weighted by molar-refractivity contribution is 5.00. The normalized spacial score (nSPS) is 12.8. The maximum absolute atomic E-state index is 5.93. The summed E-state index contributed by atoms with van der Waals surface area (Å²) in [5.74, 6) is 0. The Hall–Kier alpha value is -0.960. The van der Waals surface area contributed by atoms with Crippen LogP contribution in [-0.4, -0.2) is 9.97 Å². The van der Waals surface area contributed by atoms with Crippen LogP contribution in [0.25, 0.3) is 0 Å². The molecule has 1 rings (SSSR count). The van der Waals surface area contributed by atoms with Crippen molar-refractivity contribution in [1.29, 1.82) is 0 Å². The lowest BCUT2D eigenvalue weighted by atomic mass is 10.1. The summed E-state index contributed by atoms with van der Waals surface area (Å²) in [6, 6.07) is 0.0558. The third kappa shape index (κ3) is 3.51. The van der Waals surface area contributed by atoms with Crippen LogP contribution in [0.1, 0.15) is 44.3 Å². The molecule has 1 aromatic rings. The van der Waals surface area contributed by atoms with E-state index in [1.54, 1.807) is 18.6 Å². The molecule has 1 unspecified atom stereocenters. The van der Waals surface area contributed by atoms with Gasteiger partial charge in [-0.2, -0.15) is 0 Å². The van der Waals surface area contributed by atoms with Crippen LogP contribution < -0.4 is 5.73 Å². The molecule has 2 N–H and O–H groups in total. The second-order valence-electron chi connectivity index (χ2n) is 3.23. The number of nitrogens with zero attached hydrogens (tertiary/aromatic N) is 2. The van der Waals surface area contributed by atoms with Crippen LogP contribution in [0.5, 0.6) is 0 Å². The third-order valence-electron chi connectivity index (χ3n) is 2.08. The molecular formula is C10H17N3. The van der Waals surface area contributed by atoms with E-state index in [0.717, 1.165) is 12.1 Å². The van der Waals surface area contributed by atoms with Gasteiger partial charge in [-0.15, -0.1) is 0 Å². The molecule has 13 heavy (non-hydrogen) atoms. The lowest BCUT2D eigenvalue weighted by Gasteiger charge is -2.09. The molecule has 0 fully saturated rings. The molecule has 0 saturated heterocycles. The minimum Gasteiger partial charge on any atom is -0.323 e. The minimum atomic E-state index is 0.0558. The number of hydrogen-bond donors (Lipinski definition) is 1. The van der Waals surface area contributed by atoms with Gasteiger partial charge in [-0.1, -0.05) is 26.2 Å². The molecule has 3 nitrogen and oxygen atoms in total. The van der Waals surface area contributed by atoms with E-state index in [9.17, 15) is 0 Å². The van der Waals surface area contributed by atoms with Crippen LogP contribution in [0.3, 0.4) is 0 Å². The van der Waals surface area contributed by atoms with Gasteiger partial charge >= 0.3 is 0 Å². The van der Waals surface area contributed by atoms with Crippen molar-refractivity contribution >= 4 is 0 Å². The van der Waals surface area contributed by atoms with Crippen molar-refractivity contribution in [3.63, 3.8) is 0 Å². The summed E-state index contributed by atoms with van der Waals surface area (Å²) in [6.45, 7) is 2.19. The Morgan fingerprint density at radius 1 is 1.38 bits per heavy atom. The van der Waals surface area contributed by atoms with E-state index >= 15 is 0 Å². The molecular weight excluding hydrogens is 162 g/mol. The largest absolute Gasteiger partial charge is 0.323 e. The average molecular weight is 179 g/mol. The van der Waals surface area contributed by atoms with E-state index in [-0.39, 0.29) is 6.04 Å². The van der Waals surface area contributed by atoms with Gasteiger partial charge < -0.3 is 5.73 Å². The molecule has 0 aromatic carbocycles. The van der Waals surface area contributed by atoms with Crippen molar-refractivity contribution in [1.82, 2.24) is 9.97 Å². The van der Waals surface area contributed by atoms with E-state index in [4.69, 9.17) is 5.73 Å². The number of rotatable bonds is 5. The predicted octanol–water partition coefficient (Wildman–Crippen LogP) is 2.06. The first-order chi connectivity index (χ1) is 6.34. The SMILES string of the molecule is CCCCCC(N)c1cnccn1. The molecule has 0 aliphatic rings. The fraction of sp³-hybridized carbons (Fsp3) is 0.600. The number of aromatic nitrogens is 2. The quantitative estimate of drug-likeness (QED) is 0.704. The molecule has 0 spiro atoms. The lowest BCUT2D eigenvalue weighted by Crippen LogP contribution is -2.11. The van der Waals surface area contributed by atoms with Crippen molar-refractivity contribution in [2.75, 3.05) is 0 Å². The molecule has 0 amide bonds. The first-order valence-corrected chi connectivity index (χ1v) is 4.86. The molecule has 72 valence electrons. The second kappa shape index (κ2) is 5.65. The fourth-order valence-electron chi connectivity index (χ4n) is 1.26. The summed E-state index contributed by atoms with van der Waals surface area (Å²) in [5.41, 5.74) is 6.83. The van der Waals surface area contributed by atoms with Gasteiger partial charge in [-0.05, 0) is 6.42 Å². The van der Waals surface area contributed by atoms with Crippen LogP contribution in [0, 0.1) is 0 Å². The average Bonchev–Trinajstić information content (AvgIpc) is 2.19. The zero-order valence-electron chi connectivity index (χ0n) is 8.11. The first kappa shape index (κ1) is 10.1. The Morgan fingerprint density at radius 3 is 2.85 bits per heavy atom. The zero-order valence-corrected chi connectivity index (χ0v) is 8.11. The molecule has 0 saturated carbocycles. The highest BCUT2D eigenvalue weighted by Crippen LogP contribution is 2.13. The molecule has 1 aromatic heterocycles. The van der Waals surface area contributed by atoms with Gasteiger partial charge in [0.05, 0.1) is 5.69 Å². The Balaban J connectivity index is 2.35. The Bertz CT molecular complexity index is 223. The summed E-state index contributed by atoms with van der Waals surface area (Å²) < 4.78 is 0. The second-order valence-corrected chi connectivity index (χ2v) is 3.23. The predicted molar refractivity (Wildman–Crippen MR) is 53.1 cm³/mol. The fourth-order valence-corrected chi connectivity index (χ4v) is 1.26. The monoisotopic (exact) mass is 179 g/mol. The van der Waals surface area contributed by atoms with E-state index < -0.39 is 0 Å². The smallest absolute Gasteiger partial charge is 0.0753 e. The molecule has 0 aliphatic heterocycles. The zero-order chi connectivity index (χ0) is 9.52. The molecule has 1 heterocycles. The van der Waals surface area contributed by atoms with Gasteiger partial charge in [0.15, 0.2) is 0 Å². The van der Waals surface area contributed by atoms with Crippen molar-refractivity contribution < 1.29 is 0 Å². The molecule has 3 heteroatoms. The molecule has 0 bridgehead atoms. The summed E-state index contributed by atoms with van der Waals surface area (Å²) in [5, 5.41) is 0. The number of unbranched alkanes of at least 4 members (excludes halogenated alkanes) is 2. The number of hydrogen-bond acceptors (Lipinski definition) is 3. The van der Waals surface area contributed by atoms with Crippen molar-refractivity contribution in [2.24, 2.45) is 5.73 Å². The maximum atomic E-state index is 5.93. The van der Waals surface area contributed by atoms with Crippen LogP contribution in [-0.2, 0) is 0 Å². The van der Waals surface area contributed by atoms with Crippen LogP contribution in [0.2, 0.25) is 0 Å². The minimum absolute atomic E-state index is 0.0558. The summed E-state index contributed by atoms with van der Waals surface area (Å²) in [6.07, 6.45) is 9.76. The lowest BCUT2D eigenvalue weighted by molar-refractivity contribution is 0.569. The van der Waals surface area contributed by atoms with Crippen LogP contribution in [0.4, 0.5) is 0 Å². The molecule has 1 atom stereocenters. The molecule has 0 aliphatic carbocycles. The van der Waals surface area contributed by atoms with Crippen LogP contribution in [0.15, 0.2) is 18.6 Å². The summed E-state index contributed by atoms with van der Waals surface area (Å²) in [7, 11) is 0. The Labute approximate surface area is 79.4 Å². The molecule has 0 radical (unpaired) electrons. The summed E-state index contributed by atoms with van der Waals surface area (Å²) in [4.78, 5) is 8.16. The Morgan fingerprint density at radius 2 is 2.23 bits per heavy atom. The van der Waals surface area contributed by atoms with Gasteiger partial charge in [0.2, 0.25) is 0 Å². The van der Waals surface area contributed by atoms with Crippen LogP contribution >= 0.6 is 0 Å². The van der Waals surface area contributed by atoms with Gasteiger partial charge in [-0.25, -0.2) is 0 Å². The summed E-state index contributed by atoms with van der Waals surface area (Å²) >= 11 is 0. The van der Waals surface area contributed by atoms with Crippen molar-refractivity contribution in [3.05, 3.63) is 24.3 Å². The van der Waals surface area contributed by atoms with Gasteiger partial charge in [0.25, 0.3) is 0 Å². The van der Waals surface area contributed by atoms with E-state index in [1.165, 1.54) is 19.3 Å². The van der Waals surface area contributed by atoms with Crippen molar-refractivity contribution in [3.8, 4) is 0 Å². The third-order valence-corrected chi connectivity index (χ3v) is 2.08. The maximum Gasteiger partial charge on any atom is 0.0753 e. The van der Waals surface area contributed by atoms with Gasteiger partial charge in [0.1, 0.15) is 0 Å². The highest BCUT2D eigenvalue weighted by Gasteiger charge is 2.05. The van der Waals surface area contributed by atoms with Gasteiger partial charge in [0, 0.05) is 24.6 Å². The topological polar surface area (TPSA) is 51.8 Å². The van der Waals surface area contributed by atoms with E-state index in [1.807, 2.05) is 0 Å². The van der Waals surface area contributed by atoms with E-state index in [2.05, 4.69) is 16.9 Å². The van der Waals surface area contributed by atoms with Gasteiger partial charge in [-0.3, -0.25) is 9.97 Å². The highest BCUT2D eigenvalue weighted by atomic mass is 14.8. The first-order valence-electron chi connectivity index (χ1n) is 4.86. The Kier molecular flexibility index (Phi) is 4.40. The van der Waals surface area contributed by atoms with E-state index in [0.29, 0.717) is 0 Å². The standard InChI is InChI=1S/C10H17N3/c1-2-3-4-5-9(11)10-8-12-6-7-13-10/h6-9H,2-5,11H2,1H3. The van der Waals surface area contributed by atoms with Crippen molar-refractivity contribution in [2.45, 2.75) is 38.6 Å².